The van der Waals surface area contributed by atoms with Crippen LogP contribution >= 0.6 is 0 Å². The Hall–Kier alpha value is -2.34. The predicted octanol–water partition coefficient (Wildman–Crippen LogP) is 3.65. The summed E-state index contributed by atoms with van der Waals surface area (Å²) in [5.74, 6) is 0.523. The van der Waals surface area contributed by atoms with Gasteiger partial charge in [0.05, 0.1) is 28.7 Å². The fourth-order valence-electron chi connectivity index (χ4n) is 2.63. The maximum Gasteiger partial charge on any atom is 0.277 e. The van der Waals surface area contributed by atoms with Crippen molar-refractivity contribution in [2.24, 2.45) is 5.92 Å². The van der Waals surface area contributed by atoms with Gasteiger partial charge in [-0.1, -0.05) is 13.8 Å². The maximum atomic E-state index is 11.3. The molecule has 6 nitrogen and oxygen atoms in total. The molecular formula is C15H17N3O3. The molecule has 3 rings (SSSR count). The second-order valence-electron chi connectivity index (χ2n) is 5.68. The third-order valence-corrected chi connectivity index (χ3v) is 3.48. The fraction of sp³-hybridized carbons (Fsp3) is 0.333. The van der Waals surface area contributed by atoms with Crippen molar-refractivity contribution in [3.05, 3.63) is 46.4 Å². The highest BCUT2D eigenvalue weighted by Gasteiger charge is 2.25. The van der Waals surface area contributed by atoms with E-state index < -0.39 is 0 Å². The van der Waals surface area contributed by atoms with E-state index in [0.717, 1.165) is 17.8 Å². The summed E-state index contributed by atoms with van der Waals surface area (Å²) in [4.78, 5) is 11.0. The molecule has 2 aromatic rings. The van der Waals surface area contributed by atoms with Gasteiger partial charge < -0.3 is 9.84 Å². The minimum atomic E-state index is -0.340. The second kappa shape index (κ2) is 5.21. The third kappa shape index (κ3) is 2.62. The molecule has 1 N–H and O–H groups in total. The smallest absolute Gasteiger partial charge is 0.277 e. The highest BCUT2D eigenvalue weighted by molar-refractivity contribution is 5.79. The number of nitrogens with zero attached hydrogens (tertiary/aromatic N) is 2. The molecule has 0 radical (unpaired) electrons. The van der Waals surface area contributed by atoms with Crippen molar-refractivity contribution in [2.75, 3.05) is 12.0 Å². The van der Waals surface area contributed by atoms with E-state index in [0.29, 0.717) is 23.6 Å². The summed E-state index contributed by atoms with van der Waals surface area (Å²) in [7, 11) is 0. The van der Waals surface area contributed by atoms with E-state index in [4.69, 9.17) is 4.42 Å². The van der Waals surface area contributed by atoms with Crippen LogP contribution in [-0.4, -0.2) is 16.5 Å². The minimum Gasteiger partial charge on any atom is -0.472 e. The van der Waals surface area contributed by atoms with Gasteiger partial charge in [0.1, 0.15) is 0 Å². The van der Waals surface area contributed by atoms with E-state index in [1.54, 1.807) is 12.1 Å². The molecule has 0 saturated heterocycles. The van der Waals surface area contributed by atoms with Gasteiger partial charge in [-0.3, -0.25) is 10.1 Å². The topological polar surface area (TPSA) is 71.5 Å². The molecule has 1 aromatic heterocycles. The quantitative estimate of drug-likeness (QED) is 0.686. The lowest BCUT2D eigenvalue weighted by atomic mass is 10.0. The summed E-state index contributed by atoms with van der Waals surface area (Å²) in [5.41, 5.74) is 6.60. The zero-order valence-corrected chi connectivity index (χ0v) is 12.0. The van der Waals surface area contributed by atoms with Crippen LogP contribution in [0.1, 0.15) is 19.4 Å². The molecule has 0 saturated carbocycles. The van der Waals surface area contributed by atoms with Gasteiger partial charge in [0, 0.05) is 24.7 Å². The Morgan fingerprint density at radius 1 is 1.48 bits per heavy atom. The number of anilines is 1. The molecule has 0 unspecified atom stereocenters. The Morgan fingerprint density at radius 3 is 2.90 bits per heavy atom. The minimum absolute atomic E-state index is 0.114. The number of nitrogens with one attached hydrogen (secondary N) is 1. The Labute approximate surface area is 122 Å². The molecule has 1 aromatic carbocycles. The van der Waals surface area contributed by atoms with Crippen LogP contribution in [0.4, 0.5) is 11.4 Å². The molecule has 21 heavy (non-hydrogen) atoms. The molecule has 0 fully saturated rings. The summed E-state index contributed by atoms with van der Waals surface area (Å²) in [6.45, 7) is 5.86. The van der Waals surface area contributed by atoms with Crippen LogP contribution in [0.2, 0.25) is 0 Å². The van der Waals surface area contributed by atoms with Crippen LogP contribution in [0.15, 0.2) is 35.1 Å². The zero-order chi connectivity index (χ0) is 15.0. The molecule has 1 aliphatic rings. The molecule has 0 atom stereocenters. The van der Waals surface area contributed by atoms with Gasteiger partial charge in [0.25, 0.3) is 5.69 Å². The van der Waals surface area contributed by atoms with Crippen LogP contribution in [0.3, 0.4) is 0 Å². The standard InChI is InChI=1S/C15H17N3O3/c1-10(2)7-17-8-12-5-15(18(19)20)13(6-14(12)16-17)11-3-4-21-9-11/h3-6,9-10,16H,7-8H2,1-2H3. The van der Waals surface area contributed by atoms with Crippen molar-refractivity contribution in [3.8, 4) is 11.1 Å². The van der Waals surface area contributed by atoms with Gasteiger partial charge in [-0.15, -0.1) is 0 Å². The molecule has 0 bridgehead atoms. The molecule has 2 heterocycles. The van der Waals surface area contributed by atoms with E-state index in [-0.39, 0.29) is 10.6 Å². The van der Waals surface area contributed by atoms with Gasteiger partial charge in [-0.2, -0.15) is 0 Å². The van der Waals surface area contributed by atoms with Gasteiger partial charge in [-0.25, -0.2) is 5.01 Å². The molecular weight excluding hydrogens is 270 g/mol. The Morgan fingerprint density at radius 2 is 2.29 bits per heavy atom. The first-order valence-corrected chi connectivity index (χ1v) is 6.90. The van der Waals surface area contributed by atoms with Crippen molar-refractivity contribution in [1.29, 1.82) is 0 Å². The van der Waals surface area contributed by atoms with E-state index in [2.05, 4.69) is 24.3 Å². The third-order valence-electron chi connectivity index (χ3n) is 3.48. The van der Waals surface area contributed by atoms with Gasteiger partial charge in [0.2, 0.25) is 0 Å². The Bertz CT molecular complexity index is 665. The highest BCUT2D eigenvalue weighted by atomic mass is 16.6. The van der Waals surface area contributed by atoms with Crippen molar-refractivity contribution in [2.45, 2.75) is 20.4 Å². The number of nitro benzene ring substituents is 1. The lowest BCUT2D eigenvalue weighted by molar-refractivity contribution is -0.384. The van der Waals surface area contributed by atoms with Crippen LogP contribution < -0.4 is 5.43 Å². The van der Waals surface area contributed by atoms with Gasteiger partial charge >= 0.3 is 0 Å². The van der Waals surface area contributed by atoms with Crippen molar-refractivity contribution in [1.82, 2.24) is 5.01 Å². The first kappa shape index (κ1) is 13.6. The SMILES string of the molecule is CC(C)CN1Cc2cc([N+](=O)[O-])c(-c3ccoc3)cc2N1. The molecule has 0 spiro atoms. The summed E-state index contributed by atoms with van der Waals surface area (Å²) in [5, 5.41) is 13.4. The number of benzene rings is 1. The van der Waals surface area contributed by atoms with Gasteiger partial charge in [-0.05, 0) is 23.6 Å². The largest absolute Gasteiger partial charge is 0.472 e. The summed E-state index contributed by atoms with van der Waals surface area (Å²) in [6.07, 6.45) is 3.04. The average Bonchev–Trinajstić information content (AvgIpc) is 3.04. The molecule has 110 valence electrons. The number of fused-ring (bicyclic) bond motifs is 1. The van der Waals surface area contributed by atoms with Crippen molar-refractivity contribution < 1.29 is 9.34 Å². The number of hydrogen-bond acceptors (Lipinski definition) is 5. The normalized spacial score (nSPS) is 14.2. The van der Waals surface area contributed by atoms with Crippen LogP contribution in [0, 0.1) is 16.0 Å². The lowest BCUT2D eigenvalue weighted by Gasteiger charge is -2.18. The van der Waals surface area contributed by atoms with E-state index >= 15 is 0 Å². The number of furan rings is 1. The summed E-state index contributed by atoms with van der Waals surface area (Å²) >= 11 is 0. The number of rotatable bonds is 4. The lowest BCUT2D eigenvalue weighted by Crippen LogP contribution is -2.27. The number of hydrogen-bond donors (Lipinski definition) is 1. The van der Waals surface area contributed by atoms with Crippen LogP contribution in [-0.2, 0) is 6.54 Å². The monoisotopic (exact) mass is 287 g/mol. The molecule has 1 aliphatic heterocycles. The van der Waals surface area contributed by atoms with Crippen LogP contribution in [0.5, 0.6) is 0 Å². The van der Waals surface area contributed by atoms with Crippen LogP contribution in [0.25, 0.3) is 11.1 Å². The fourth-order valence-corrected chi connectivity index (χ4v) is 2.63. The maximum absolute atomic E-state index is 11.3. The number of hydrazine groups is 1. The molecule has 0 aliphatic carbocycles. The Kier molecular flexibility index (Phi) is 3.39. The Balaban J connectivity index is 2.00. The predicted molar refractivity (Wildman–Crippen MR) is 79.7 cm³/mol. The first-order chi connectivity index (χ1) is 10.0. The zero-order valence-electron chi connectivity index (χ0n) is 12.0. The molecule has 0 amide bonds. The first-order valence-electron chi connectivity index (χ1n) is 6.90. The van der Waals surface area contributed by atoms with E-state index in [1.807, 2.05) is 6.07 Å². The van der Waals surface area contributed by atoms with E-state index in [1.165, 1.54) is 12.5 Å². The highest BCUT2D eigenvalue weighted by Crippen LogP contribution is 2.38. The summed E-state index contributed by atoms with van der Waals surface area (Å²) in [6, 6.07) is 5.22. The number of nitro groups is 1. The van der Waals surface area contributed by atoms with Crippen molar-refractivity contribution >= 4 is 11.4 Å². The van der Waals surface area contributed by atoms with Crippen molar-refractivity contribution in [3.63, 3.8) is 0 Å². The summed E-state index contributed by atoms with van der Waals surface area (Å²) < 4.78 is 5.04. The molecule has 6 heteroatoms. The second-order valence-corrected chi connectivity index (χ2v) is 5.68. The van der Waals surface area contributed by atoms with Gasteiger partial charge in [0.15, 0.2) is 0 Å². The van der Waals surface area contributed by atoms with E-state index in [9.17, 15) is 10.1 Å². The average molecular weight is 287 g/mol.